The van der Waals surface area contributed by atoms with Crippen molar-refractivity contribution >= 4 is 0 Å². The minimum absolute atomic E-state index is 0.0947. The third-order valence-corrected chi connectivity index (χ3v) is 2.10. The lowest BCUT2D eigenvalue weighted by Gasteiger charge is -2.16. The summed E-state index contributed by atoms with van der Waals surface area (Å²) >= 11 is 0. The van der Waals surface area contributed by atoms with Crippen LogP contribution in [0.4, 0.5) is 0 Å². The smallest absolute Gasteiger partial charge is 0.267 e. The first-order valence-corrected chi connectivity index (χ1v) is 4.94. The molecule has 0 aliphatic heterocycles. The highest BCUT2D eigenvalue weighted by molar-refractivity contribution is 4.99. The average molecular weight is 207 g/mol. The molecule has 15 heavy (non-hydrogen) atoms. The van der Waals surface area contributed by atoms with Crippen molar-refractivity contribution in [3.8, 4) is 11.8 Å². The van der Waals surface area contributed by atoms with Crippen molar-refractivity contribution in [2.45, 2.75) is 46.7 Å². The summed E-state index contributed by atoms with van der Waals surface area (Å²) in [4.78, 5) is 11.9. The Morgan fingerprint density at radius 2 is 2.00 bits per heavy atom. The van der Waals surface area contributed by atoms with Gasteiger partial charge in [-0.05, 0) is 34.6 Å². The fourth-order valence-corrected chi connectivity index (χ4v) is 1.27. The molecule has 1 heterocycles. The van der Waals surface area contributed by atoms with Gasteiger partial charge in [0.25, 0.3) is 0 Å². The van der Waals surface area contributed by atoms with Gasteiger partial charge in [-0.25, -0.2) is 9.48 Å². The maximum atomic E-state index is 11.9. The highest BCUT2D eigenvalue weighted by Gasteiger charge is 2.20. The molecule has 1 aromatic heterocycles. The topological polar surface area (TPSA) is 39.8 Å². The van der Waals surface area contributed by atoms with Gasteiger partial charge in [-0.2, -0.15) is 5.10 Å². The van der Waals surface area contributed by atoms with Crippen LogP contribution >= 0.6 is 0 Å². The standard InChI is InChI=1S/C11H17N3O/c1-6-7-8-13-9(2)12-14(10(13)15)11(3,4)5/h8H2,1-5H3. The van der Waals surface area contributed by atoms with E-state index in [0.717, 1.165) is 0 Å². The second-order valence-corrected chi connectivity index (χ2v) is 4.43. The van der Waals surface area contributed by atoms with Gasteiger partial charge in [0.15, 0.2) is 0 Å². The molecule has 1 rings (SSSR count). The molecule has 0 bridgehead atoms. The van der Waals surface area contributed by atoms with E-state index in [4.69, 9.17) is 0 Å². The van der Waals surface area contributed by atoms with Crippen LogP contribution < -0.4 is 5.69 Å². The van der Waals surface area contributed by atoms with Crippen LogP contribution in [0.5, 0.6) is 0 Å². The highest BCUT2D eigenvalue weighted by atomic mass is 16.2. The van der Waals surface area contributed by atoms with Crippen molar-refractivity contribution in [3.05, 3.63) is 16.3 Å². The highest BCUT2D eigenvalue weighted by Crippen LogP contribution is 2.09. The van der Waals surface area contributed by atoms with E-state index in [1.54, 1.807) is 11.5 Å². The monoisotopic (exact) mass is 207 g/mol. The van der Waals surface area contributed by atoms with E-state index in [1.807, 2.05) is 27.7 Å². The van der Waals surface area contributed by atoms with E-state index in [0.29, 0.717) is 12.4 Å². The normalized spacial score (nSPS) is 11.0. The molecule has 0 aromatic carbocycles. The third kappa shape index (κ3) is 2.30. The molecule has 0 unspecified atom stereocenters. The summed E-state index contributed by atoms with van der Waals surface area (Å²) in [5.41, 5.74) is -0.380. The molecule has 82 valence electrons. The zero-order chi connectivity index (χ0) is 11.6. The van der Waals surface area contributed by atoms with Gasteiger partial charge in [-0.15, -0.1) is 5.92 Å². The summed E-state index contributed by atoms with van der Waals surface area (Å²) in [5.74, 6) is 6.35. The largest absolute Gasteiger partial charge is 0.347 e. The van der Waals surface area contributed by atoms with Crippen LogP contribution in [0.1, 0.15) is 33.5 Å². The van der Waals surface area contributed by atoms with Crippen LogP contribution in [0.2, 0.25) is 0 Å². The minimum atomic E-state index is -0.285. The average Bonchev–Trinajstić information content (AvgIpc) is 2.39. The Kier molecular flexibility index (Phi) is 3.04. The number of nitrogens with zero attached hydrogens (tertiary/aromatic N) is 3. The number of hydrogen-bond acceptors (Lipinski definition) is 2. The maximum absolute atomic E-state index is 11.9. The fourth-order valence-electron chi connectivity index (χ4n) is 1.27. The quantitative estimate of drug-likeness (QED) is 0.648. The number of rotatable bonds is 1. The Morgan fingerprint density at radius 3 is 2.40 bits per heavy atom. The maximum Gasteiger partial charge on any atom is 0.347 e. The molecule has 1 aromatic rings. The number of aryl methyl sites for hydroxylation is 1. The van der Waals surface area contributed by atoms with Gasteiger partial charge in [0, 0.05) is 0 Å². The van der Waals surface area contributed by atoms with Gasteiger partial charge in [0.2, 0.25) is 0 Å². The first kappa shape index (κ1) is 11.6. The van der Waals surface area contributed by atoms with Crippen molar-refractivity contribution in [1.82, 2.24) is 14.3 Å². The Bertz CT molecular complexity index is 463. The molecule has 0 radical (unpaired) electrons. The van der Waals surface area contributed by atoms with Gasteiger partial charge in [-0.1, -0.05) is 5.92 Å². The molecule has 0 saturated heterocycles. The van der Waals surface area contributed by atoms with Crippen molar-refractivity contribution < 1.29 is 0 Å². The van der Waals surface area contributed by atoms with Crippen molar-refractivity contribution in [3.63, 3.8) is 0 Å². The molecular formula is C11H17N3O. The van der Waals surface area contributed by atoms with E-state index >= 15 is 0 Å². The molecule has 0 fully saturated rings. The van der Waals surface area contributed by atoms with Crippen LogP contribution in [0.15, 0.2) is 4.79 Å². The molecule has 0 aliphatic rings. The predicted molar refractivity (Wildman–Crippen MR) is 59.7 cm³/mol. The third-order valence-electron chi connectivity index (χ3n) is 2.10. The number of aromatic nitrogens is 3. The molecule has 0 amide bonds. The van der Waals surface area contributed by atoms with E-state index < -0.39 is 0 Å². The van der Waals surface area contributed by atoms with Crippen LogP contribution in [0.3, 0.4) is 0 Å². The van der Waals surface area contributed by atoms with Crippen LogP contribution in [-0.4, -0.2) is 14.3 Å². The lowest BCUT2D eigenvalue weighted by atomic mass is 10.1. The first-order valence-electron chi connectivity index (χ1n) is 4.94. The first-order chi connectivity index (χ1) is 6.88. The predicted octanol–water partition coefficient (Wildman–Crippen LogP) is 1.13. The van der Waals surface area contributed by atoms with Gasteiger partial charge < -0.3 is 0 Å². The summed E-state index contributed by atoms with van der Waals surface area (Å²) in [6, 6.07) is 0. The second-order valence-electron chi connectivity index (χ2n) is 4.43. The van der Waals surface area contributed by atoms with E-state index in [9.17, 15) is 4.79 Å². The Morgan fingerprint density at radius 1 is 1.40 bits per heavy atom. The van der Waals surface area contributed by atoms with Gasteiger partial charge in [0.05, 0.1) is 12.1 Å². The van der Waals surface area contributed by atoms with Crippen molar-refractivity contribution in [2.75, 3.05) is 0 Å². The van der Waals surface area contributed by atoms with Gasteiger partial charge in [0.1, 0.15) is 5.82 Å². The Hall–Kier alpha value is -1.50. The molecule has 0 N–H and O–H groups in total. The van der Waals surface area contributed by atoms with Crippen molar-refractivity contribution in [2.24, 2.45) is 0 Å². The van der Waals surface area contributed by atoms with Crippen molar-refractivity contribution in [1.29, 1.82) is 0 Å². The van der Waals surface area contributed by atoms with Gasteiger partial charge in [-0.3, -0.25) is 4.57 Å². The lowest BCUT2D eigenvalue weighted by Crippen LogP contribution is -2.35. The SMILES string of the molecule is CC#CCn1c(C)nn(C(C)(C)C)c1=O. The summed E-state index contributed by atoms with van der Waals surface area (Å²) in [6.07, 6.45) is 0. The lowest BCUT2D eigenvalue weighted by molar-refractivity contribution is 0.340. The van der Waals surface area contributed by atoms with Gasteiger partial charge >= 0.3 is 5.69 Å². The Balaban J connectivity index is 3.25. The second kappa shape index (κ2) is 3.93. The summed E-state index contributed by atoms with van der Waals surface area (Å²) in [6.45, 7) is 9.86. The molecule has 0 atom stereocenters. The molecular weight excluding hydrogens is 190 g/mol. The molecule has 4 heteroatoms. The minimum Gasteiger partial charge on any atom is -0.267 e. The molecule has 0 saturated carbocycles. The zero-order valence-electron chi connectivity index (χ0n) is 9.96. The zero-order valence-corrected chi connectivity index (χ0v) is 9.96. The number of hydrogen-bond donors (Lipinski definition) is 0. The van der Waals surface area contributed by atoms with Crippen LogP contribution in [0, 0.1) is 18.8 Å². The van der Waals surface area contributed by atoms with E-state index in [1.165, 1.54) is 4.68 Å². The Labute approximate surface area is 89.9 Å². The molecule has 0 aliphatic carbocycles. The summed E-state index contributed by atoms with van der Waals surface area (Å²) < 4.78 is 3.08. The summed E-state index contributed by atoms with van der Waals surface area (Å²) in [5, 5.41) is 4.23. The molecule has 0 spiro atoms. The van der Waals surface area contributed by atoms with E-state index in [-0.39, 0.29) is 11.2 Å². The van der Waals surface area contributed by atoms with Crippen LogP contribution in [-0.2, 0) is 12.1 Å². The van der Waals surface area contributed by atoms with E-state index in [2.05, 4.69) is 16.9 Å². The fraction of sp³-hybridized carbons (Fsp3) is 0.636. The molecule has 4 nitrogen and oxygen atoms in total. The van der Waals surface area contributed by atoms with Crippen LogP contribution in [0.25, 0.3) is 0 Å². The summed E-state index contributed by atoms with van der Waals surface area (Å²) in [7, 11) is 0.